The van der Waals surface area contributed by atoms with Crippen LogP contribution in [0.3, 0.4) is 0 Å². The van der Waals surface area contributed by atoms with Gasteiger partial charge in [-0.2, -0.15) is 0 Å². The molecule has 1 aromatic heterocycles. The molecule has 4 heterocycles. The molecule has 0 aliphatic carbocycles. The lowest BCUT2D eigenvalue weighted by atomic mass is 9.74. The summed E-state index contributed by atoms with van der Waals surface area (Å²) < 4.78 is 5.96. The Morgan fingerprint density at radius 3 is 2.56 bits per heavy atom. The van der Waals surface area contributed by atoms with E-state index in [1.54, 1.807) is 11.8 Å². The summed E-state index contributed by atoms with van der Waals surface area (Å²) in [7, 11) is 0. The quantitative estimate of drug-likeness (QED) is 0.795. The number of thioether (sulfide) groups is 1. The summed E-state index contributed by atoms with van der Waals surface area (Å²) in [6.07, 6.45) is 2.17. The van der Waals surface area contributed by atoms with E-state index in [-0.39, 0.29) is 11.0 Å². The van der Waals surface area contributed by atoms with E-state index in [2.05, 4.69) is 65.3 Å². The first-order valence-corrected chi connectivity index (χ1v) is 10.6. The van der Waals surface area contributed by atoms with Gasteiger partial charge in [0.25, 0.3) is 0 Å². The van der Waals surface area contributed by atoms with Crippen molar-refractivity contribution in [1.82, 2.24) is 10.2 Å². The monoisotopic (exact) mass is 380 g/mol. The molecule has 0 unspecified atom stereocenters. The van der Waals surface area contributed by atoms with Crippen LogP contribution in [-0.4, -0.2) is 46.2 Å². The lowest BCUT2D eigenvalue weighted by Crippen LogP contribution is -2.44. The van der Waals surface area contributed by atoms with Crippen molar-refractivity contribution in [3.05, 3.63) is 47.7 Å². The van der Waals surface area contributed by atoms with Crippen molar-refractivity contribution in [1.29, 1.82) is 0 Å². The Labute approximate surface area is 164 Å². The number of para-hydroxylation sites is 1. The van der Waals surface area contributed by atoms with E-state index in [0.29, 0.717) is 0 Å². The zero-order valence-corrected chi connectivity index (χ0v) is 16.6. The highest BCUT2D eigenvalue weighted by molar-refractivity contribution is 8.14. The Balaban J connectivity index is 1.29. The molecule has 0 radical (unpaired) electrons. The standard InChI is InChI=1S/C21H24N4OS/c1-20(2)14-27-19(22-20)16-7-8-18(24-23-16)25-11-9-21(10-12-25)13-26-17-6-4-3-5-15(17)21/h3-8H,9-14H2,1-2H3. The molecule has 27 heavy (non-hydrogen) atoms. The molecule has 1 aromatic carbocycles. The van der Waals surface area contributed by atoms with Crippen LogP contribution in [-0.2, 0) is 5.41 Å². The normalized spacial score (nSPS) is 22.4. The van der Waals surface area contributed by atoms with Crippen LogP contribution in [0.1, 0.15) is 37.9 Å². The molecule has 1 fully saturated rings. The Morgan fingerprint density at radius 2 is 1.85 bits per heavy atom. The summed E-state index contributed by atoms with van der Waals surface area (Å²) in [5, 5.41) is 9.97. The maximum absolute atomic E-state index is 5.96. The van der Waals surface area contributed by atoms with E-state index in [1.807, 2.05) is 0 Å². The van der Waals surface area contributed by atoms with E-state index in [4.69, 9.17) is 9.73 Å². The molecule has 3 aliphatic rings. The molecule has 0 amide bonds. The van der Waals surface area contributed by atoms with Crippen LogP contribution in [0.25, 0.3) is 0 Å². The first-order valence-electron chi connectivity index (χ1n) is 9.59. The third-order valence-corrected chi connectivity index (χ3v) is 7.27. The van der Waals surface area contributed by atoms with Crippen molar-refractivity contribution in [3.63, 3.8) is 0 Å². The van der Waals surface area contributed by atoms with Crippen LogP contribution in [0.4, 0.5) is 5.82 Å². The number of benzene rings is 1. The van der Waals surface area contributed by atoms with Gasteiger partial charge in [0.2, 0.25) is 0 Å². The minimum absolute atomic E-state index is 0.00117. The number of piperidine rings is 1. The fourth-order valence-electron chi connectivity index (χ4n) is 4.23. The van der Waals surface area contributed by atoms with Crippen molar-refractivity contribution >= 4 is 22.6 Å². The van der Waals surface area contributed by atoms with Crippen LogP contribution in [0.5, 0.6) is 5.75 Å². The third kappa shape index (κ3) is 3.00. The zero-order chi connectivity index (χ0) is 18.5. The van der Waals surface area contributed by atoms with Crippen LogP contribution in [0, 0.1) is 0 Å². The fourth-order valence-corrected chi connectivity index (χ4v) is 5.35. The first kappa shape index (κ1) is 17.0. The summed E-state index contributed by atoms with van der Waals surface area (Å²) >= 11 is 1.77. The summed E-state index contributed by atoms with van der Waals surface area (Å²) in [5.41, 5.74) is 2.44. The Hall–Kier alpha value is -2.08. The second-order valence-corrected chi connectivity index (χ2v) is 9.31. The largest absolute Gasteiger partial charge is 0.492 e. The number of rotatable bonds is 2. The zero-order valence-electron chi connectivity index (χ0n) is 15.8. The molecular weight excluding hydrogens is 356 g/mol. The van der Waals surface area contributed by atoms with Gasteiger partial charge in [-0.15, -0.1) is 22.0 Å². The molecule has 6 heteroatoms. The Morgan fingerprint density at radius 1 is 1.04 bits per heavy atom. The molecule has 5 rings (SSSR count). The molecular formula is C21H24N4OS. The fraction of sp³-hybridized carbons (Fsp3) is 0.476. The van der Waals surface area contributed by atoms with Crippen molar-refractivity contribution in [3.8, 4) is 5.75 Å². The molecule has 0 bridgehead atoms. The van der Waals surface area contributed by atoms with E-state index in [1.165, 1.54) is 5.56 Å². The SMILES string of the molecule is CC1(C)CSC(c2ccc(N3CCC4(CC3)COc3ccccc34)nn2)=N1. The maximum Gasteiger partial charge on any atom is 0.151 e. The van der Waals surface area contributed by atoms with Gasteiger partial charge in [-0.05, 0) is 44.9 Å². The maximum atomic E-state index is 5.96. The number of ether oxygens (including phenoxy) is 1. The second kappa shape index (κ2) is 6.23. The molecule has 0 atom stereocenters. The van der Waals surface area contributed by atoms with Crippen LogP contribution in [0.2, 0.25) is 0 Å². The van der Waals surface area contributed by atoms with Gasteiger partial charge in [0, 0.05) is 29.8 Å². The first-order chi connectivity index (χ1) is 13.0. The van der Waals surface area contributed by atoms with Gasteiger partial charge in [0.1, 0.15) is 16.5 Å². The van der Waals surface area contributed by atoms with Crippen LogP contribution in [0.15, 0.2) is 41.4 Å². The summed E-state index contributed by atoms with van der Waals surface area (Å²) in [4.78, 5) is 7.10. The topological polar surface area (TPSA) is 50.6 Å². The van der Waals surface area contributed by atoms with E-state index in [0.717, 1.165) is 60.6 Å². The minimum Gasteiger partial charge on any atom is -0.492 e. The van der Waals surface area contributed by atoms with Gasteiger partial charge < -0.3 is 9.64 Å². The Kier molecular flexibility index (Phi) is 3.93. The highest BCUT2D eigenvalue weighted by Crippen LogP contribution is 2.45. The van der Waals surface area contributed by atoms with Gasteiger partial charge in [-0.25, -0.2) is 0 Å². The van der Waals surface area contributed by atoms with Gasteiger partial charge in [-0.1, -0.05) is 18.2 Å². The van der Waals surface area contributed by atoms with Crippen molar-refractivity contribution < 1.29 is 4.74 Å². The lowest BCUT2D eigenvalue weighted by Gasteiger charge is -2.38. The molecule has 140 valence electrons. The highest BCUT2D eigenvalue weighted by atomic mass is 32.2. The average Bonchev–Trinajstić information content (AvgIpc) is 3.24. The van der Waals surface area contributed by atoms with Gasteiger partial charge >= 0.3 is 0 Å². The molecule has 2 aromatic rings. The predicted molar refractivity (Wildman–Crippen MR) is 110 cm³/mol. The van der Waals surface area contributed by atoms with Crippen molar-refractivity contribution in [2.75, 3.05) is 30.3 Å². The number of hydrogen-bond donors (Lipinski definition) is 0. The van der Waals surface area contributed by atoms with Crippen LogP contribution >= 0.6 is 11.8 Å². The molecule has 3 aliphatic heterocycles. The van der Waals surface area contributed by atoms with Gasteiger partial charge in [-0.3, -0.25) is 4.99 Å². The highest BCUT2D eigenvalue weighted by Gasteiger charge is 2.43. The average molecular weight is 381 g/mol. The smallest absolute Gasteiger partial charge is 0.151 e. The van der Waals surface area contributed by atoms with Crippen molar-refractivity contribution in [2.45, 2.75) is 37.6 Å². The predicted octanol–water partition coefficient (Wildman–Crippen LogP) is 3.68. The van der Waals surface area contributed by atoms with Gasteiger partial charge in [0.15, 0.2) is 5.82 Å². The molecule has 0 N–H and O–H groups in total. The van der Waals surface area contributed by atoms with Crippen molar-refractivity contribution in [2.24, 2.45) is 4.99 Å². The van der Waals surface area contributed by atoms with E-state index in [9.17, 15) is 0 Å². The van der Waals surface area contributed by atoms with Gasteiger partial charge in [0.05, 0.1) is 12.1 Å². The number of nitrogens with zero attached hydrogens (tertiary/aromatic N) is 4. The Bertz CT molecular complexity index is 885. The molecule has 5 nitrogen and oxygen atoms in total. The number of anilines is 1. The number of aliphatic imine (C=N–C) groups is 1. The summed E-state index contributed by atoms with van der Waals surface area (Å²) in [5.74, 6) is 3.03. The van der Waals surface area contributed by atoms with Crippen LogP contribution < -0.4 is 9.64 Å². The molecule has 1 saturated heterocycles. The molecule has 0 saturated carbocycles. The summed E-state index contributed by atoms with van der Waals surface area (Å²) in [6.45, 7) is 7.08. The lowest BCUT2D eigenvalue weighted by molar-refractivity contribution is 0.230. The van der Waals surface area contributed by atoms with E-state index < -0.39 is 0 Å². The number of fused-ring (bicyclic) bond motifs is 2. The summed E-state index contributed by atoms with van der Waals surface area (Å²) in [6, 6.07) is 12.6. The molecule has 1 spiro atoms. The number of aromatic nitrogens is 2. The van der Waals surface area contributed by atoms with E-state index >= 15 is 0 Å². The minimum atomic E-state index is 0.00117. The third-order valence-electron chi connectivity index (χ3n) is 5.84. The second-order valence-electron chi connectivity index (χ2n) is 8.35. The number of hydrogen-bond acceptors (Lipinski definition) is 6.